The highest BCUT2D eigenvalue weighted by molar-refractivity contribution is 7.14. The summed E-state index contributed by atoms with van der Waals surface area (Å²) in [5.41, 5.74) is 3.77. The van der Waals surface area contributed by atoms with Crippen LogP contribution in [0, 0.1) is 0 Å². The quantitative estimate of drug-likeness (QED) is 0.630. The number of fused-ring (bicyclic) bond motifs is 2. The summed E-state index contributed by atoms with van der Waals surface area (Å²) in [5, 5.41) is 3.03. The molecular formula is C22H25NO3S. The number of hydrogen-bond acceptors (Lipinski definition) is 4. The maximum Gasteiger partial charge on any atom is 0.348 e. The van der Waals surface area contributed by atoms with E-state index in [4.69, 9.17) is 4.74 Å². The van der Waals surface area contributed by atoms with Gasteiger partial charge in [0.15, 0.2) is 6.61 Å². The second-order valence-electron chi connectivity index (χ2n) is 7.41. The average Bonchev–Trinajstić information content (AvgIpc) is 2.97. The lowest BCUT2D eigenvalue weighted by Crippen LogP contribution is -2.34. The molecule has 0 radical (unpaired) electrons. The van der Waals surface area contributed by atoms with Gasteiger partial charge in [0.2, 0.25) is 0 Å². The smallest absolute Gasteiger partial charge is 0.348 e. The lowest BCUT2D eigenvalue weighted by Gasteiger charge is -2.26. The van der Waals surface area contributed by atoms with E-state index in [0.717, 1.165) is 32.1 Å². The molecular weight excluding hydrogens is 358 g/mol. The van der Waals surface area contributed by atoms with Crippen molar-refractivity contribution in [2.24, 2.45) is 0 Å². The Morgan fingerprint density at radius 1 is 1.04 bits per heavy atom. The number of benzene rings is 1. The molecule has 2 aromatic rings. The molecule has 2 aliphatic carbocycles. The van der Waals surface area contributed by atoms with E-state index in [1.165, 1.54) is 52.2 Å². The summed E-state index contributed by atoms with van der Waals surface area (Å²) in [6.07, 6.45) is 8.76. The first kappa shape index (κ1) is 18.2. The van der Waals surface area contributed by atoms with Crippen LogP contribution in [0.2, 0.25) is 0 Å². The van der Waals surface area contributed by atoms with Gasteiger partial charge in [-0.1, -0.05) is 30.7 Å². The molecule has 27 heavy (non-hydrogen) atoms. The molecule has 2 aliphatic rings. The van der Waals surface area contributed by atoms with Crippen LogP contribution in [0.4, 0.5) is 0 Å². The summed E-state index contributed by atoms with van der Waals surface area (Å²) in [6, 6.07) is 10.2. The largest absolute Gasteiger partial charge is 0.451 e. The van der Waals surface area contributed by atoms with E-state index in [2.05, 4.69) is 17.4 Å². The van der Waals surface area contributed by atoms with Gasteiger partial charge in [0.1, 0.15) is 4.88 Å². The van der Waals surface area contributed by atoms with Crippen LogP contribution in [-0.4, -0.2) is 18.5 Å². The van der Waals surface area contributed by atoms with Gasteiger partial charge in [-0.2, -0.15) is 0 Å². The van der Waals surface area contributed by atoms with Gasteiger partial charge in [-0.25, -0.2) is 4.79 Å². The molecule has 1 heterocycles. The Morgan fingerprint density at radius 2 is 1.85 bits per heavy atom. The normalized spacial score (nSPS) is 18.7. The number of carbonyl (C=O) groups excluding carboxylic acids is 2. The fraction of sp³-hybridized carbons (Fsp3) is 0.455. The summed E-state index contributed by atoms with van der Waals surface area (Å²) in [5.74, 6) is -0.615. The van der Waals surface area contributed by atoms with E-state index < -0.39 is 0 Å². The van der Waals surface area contributed by atoms with Crippen molar-refractivity contribution < 1.29 is 14.3 Å². The molecule has 1 aromatic heterocycles. The first-order valence-corrected chi connectivity index (χ1v) is 10.7. The van der Waals surface area contributed by atoms with Crippen LogP contribution in [-0.2, 0) is 28.8 Å². The van der Waals surface area contributed by atoms with Crippen molar-refractivity contribution in [3.63, 3.8) is 0 Å². The van der Waals surface area contributed by atoms with Gasteiger partial charge >= 0.3 is 5.97 Å². The molecule has 0 fully saturated rings. The van der Waals surface area contributed by atoms with Crippen molar-refractivity contribution in [2.45, 2.75) is 57.4 Å². The lowest BCUT2D eigenvalue weighted by atomic mass is 9.88. The Kier molecular flexibility index (Phi) is 5.58. The molecule has 1 atom stereocenters. The molecule has 0 saturated heterocycles. The van der Waals surface area contributed by atoms with E-state index in [9.17, 15) is 9.59 Å². The van der Waals surface area contributed by atoms with Gasteiger partial charge in [0, 0.05) is 4.88 Å². The van der Waals surface area contributed by atoms with E-state index in [-0.39, 0.29) is 24.5 Å². The second-order valence-corrected chi connectivity index (χ2v) is 8.54. The molecule has 4 nitrogen and oxygen atoms in total. The van der Waals surface area contributed by atoms with Crippen LogP contribution in [0.1, 0.15) is 69.4 Å². The predicted molar refractivity (Wildman–Crippen MR) is 106 cm³/mol. The van der Waals surface area contributed by atoms with Crippen molar-refractivity contribution in [1.29, 1.82) is 0 Å². The standard InChI is InChI=1S/C22H25NO3S/c24-21(23-18-11-6-9-15-7-4-5-10-17(15)18)14-26-22(25)20-13-16-8-2-1-3-12-19(16)27-20/h4-5,7,10,13,18H,1-3,6,8-9,11-12,14H2,(H,23,24). The molecule has 0 aliphatic heterocycles. The summed E-state index contributed by atoms with van der Waals surface area (Å²) in [4.78, 5) is 26.6. The van der Waals surface area contributed by atoms with Crippen LogP contribution >= 0.6 is 11.3 Å². The Balaban J connectivity index is 1.33. The molecule has 142 valence electrons. The minimum Gasteiger partial charge on any atom is -0.451 e. The SMILES string of the molecule is O=C(COC(=O)c1cc2c(s1)CCCCC2)NC1CCCc2ccccc21. The van der Waals surface area contributed by atoms with Crippen LogP contribution in [0.3, 0.4) is 0 Å². The van der Waals surface area contributed by atoms with E-state index in [0.29, 0.717) is 4.88 Å². The highest BCUT2D eigenvalue weighted by atomic mass is 32.1. The summed E-state index contributed by atoms with van der Waals surface area (Å²) >= 11 is 1.53. The van der Waals surface area contributed by atoms with Gasteiger partial charge in [-0.05, 0) is 67.7 Å². The predicted octanol–water partition coefficient (Wildman–Crippen LogP) is 4.37. The van der Waals surface area contributed by atoms with Gasteiger partial charge in [-0.15, -0.1) is 11.3 Å². The van der Waals surface area contributed by atoms with Crippen molar-refractivity contribution in [1.82, 2.24) is 5.32 Å². The number of hydrogen-bond donors (Lipinski definition) is 1. The summed E-state index contributed by atoms with van der Waals surface area (Å²) < 4.78 is 5.29. The summed E-state index contributed by atoms with van der Waals surface area (Å²) in [7, 11) is 0. The molecule has 0 saturated carbocycles. The van der Waals surface area contributed by atoms with Gasteiger partial charge in [-0.3, -0.25) is 4.79 Å². The second kappa shape index (κ2) is 8.26. The summed E-state index contributed by atoms with van der Waals surface area (Å²) in [6.45, 7) is -0.222. The average molecular weight is 384 g/mol. The minimum absolute atomic E-state index is 0.0129. The van der Waals surface area contributed by atoms with E-state index >= 15 is 0 Å². The zero-order valence-corrected chi connectivity index (χ0v) is 16.3. The van der Waals surface area contributed by atoms with Crippen molar-refractivity contribution in [2.75, 3.05) is 6.61 Å². The third kappa shape index (κ3) is 4.24. The topological polar surface area (TPSA) is 55.4 Å². The van der Waals surface area contributed by atoms with E-state index in [1.54, 1.807) is 0 Å². The number of thiophene rings is 1. The zero-order valence-electron chi connectivity index (χ0n) is 15.5. The molecule has 0 spiro atoms. The van der Waals surface area contributed by atoms with Gasteiger partial charge in [0.05, 0.1) is 6.04 Å². The molecule has 1 amide bonds. The molecule has 1 unspecified atom stereocenters. The number of esters is 1. The van der Waals surface area contributed by atoms with Gasteiger partial charge < -0.3 is 10.1 Å². The number of aryl methyl sites for hydroxylation is 3. The molecule has 1 N–H and O–H groups in total. The maximum absolute atomic E-state index is 12.4. The fourth-order valence-corrected chi connectivity index (χ4v) is 5.26. The number of nitrogens with one attached hydrogen (secondary N) is 1. The molecule has 1 aromatic carbocycles. The van der Waals surface area contributed by atoms with E-state index in [1.807, 2.05) is 18.2 Å². The van der Waals surface area contributed by atoms with Crippen molar-refractivity contribution >= 4 is 23.2 Å². The third-order valence-electron chi connectivity index (χ3n) is 5.49. The van der Waals surface area contributed by atoms with Crippen LogP contribution < -0.4 is 5.32 Å². The number of rotatable bonds is 4. The third-order valence-corrected chi connectivity index (χ3v) is 6.70. The highest BCUT2D eigenvalue weighted by Crippen LogP contribution is 2.30. The molecule has 0 bridgehead atoms. The van der Waals surface area contributed by atoms with Crippen LogP contribution in [0.15, 0.2) is 30.3 Å². The Labute approximate surface area is 163 Å². The van der Waals surface area contributed by atoms with Crippen molar-refractivity contribution in [3.8, 4) is 0 Å². The number of carbonyl (C=O) groups is 2. The van der Waals surface area contributed by atoms with Crippen molar-refractivity contribution in [3.05, 3.63) is 56.8 Å². The Hall–Kier alpha value is -2.14. The zero-order chi connectivity index (χ0) is 18.6. The molecule has 5 heteroatoms. The number of amides is 1. The Morgan fingerprint density at radius 3 is 2.78 bits per heavy atom. The molecule has 4 rings (SSSR count). The minimum atomic E-state index is -0.382. The Bertz CT molecular complexity index is 818. The fourth-order valence-electron chi connectivity index (χ4n) is 4.11. The van der Waals surface area contributed by atoms with Gasteiger partial charge in [0.25, 0.3) is 5.91 Å². The highest BCUT2D eigenvalue weighted by Gasteiger charge is 2.22. The van der Waals surface area contributed by atoms with Crippen LogP contribution in [0.25, 0.3) is 0 Å². The first-order valence-electron chi connectivity index (χ1n) is 9.86. The van der Waals surface area contributed by atoms with Crippen LogP contribution in [0.5, 0.6) is 0 Å². The monoisotopic (exact) mass is 383 g/mol. The first-order chi connectivity index (χ1) is 13.2. The lowest BCUT2D eigenvalue weighted by molar-refractivity contribution is -0.125. The maximum atomic E-state index is 12.4. The number of ether oxygens (including phenoxy) is 1.